The van der Waals surface area contributed by atoms with E-state index in [-0.39, 0.29) is 24.2 Å². The van der Waals surface area contributed by atoms with Gasteiger partial charge in [-0.05, 0) is 60.5 Å². The third-order valence-corrected chi connectivity index (χ3v) is 6.43. The number of hydrogen-bond donors (Lipinski definition) is 0. The first-order chi connectivity index (χ1) is 18.8. The largest absolute Gasteiger partial charge is 0.493 e. The molecule has 11 nitrogen and oxygen atoms in total. The van der Waals surface area contributed by atoms with Gasteiger partial charge < -0.3 is 14.4 Å². The molecule has 1 unspecified atom stereocenters. The maximum absolute atomic E-state index is 13.6. The van der Waals surface area contributed by atoms with E-state index in [1.54, 1.807) is 18.2 Å². The lowest BCUT2D eigenvalue weighted by molar-refractivity contribution is -0.384. The number of anilines is 1. The molecular weight excluding hydrogens is 504 g/mol. The Morgan fingerprint density at radius 3 is 2.31 bits per heavy atom. The lowest BCUT2D eigenvalue weighted by atomic mass is 10.1. The standard InChI is InChI=1S/C28H24N4O7/c1-38-24-12-5-18(15-25(24)39-2)13-14-30(27(34)20-6-10-22(11-7-20)32(36)37)23-16-26(33)31(28(23)35)21-8-3-19(17-29)4-9-21/h3-12,15,23H,13-14,16H2,1-2H3. The normalized spacial score (nSPS) is 14.6. The van der Waals surface area contributed by atoms with E-state index in [1.807, 2.05) is 6.07 Å². The minimum Gasteiger partial charge on any atom is -0.493 e. The van der Waals surface area contributed by atoms with Gasteiger partial charge in [0.25, 0.3) is 17.5 Å². The molecule has 198 valence electrons. The average molecular weight is 529 g/mol. The fourth-order valence-electron chi connectivity index (χ4n) is 4.39. The number of non-ortho nitro benzene ring substituents is 1. The molecule has 1 aliphatic rings. The maximum Gasteiger partial charge on any atom is 0.269 e. The van der Waals surface area contributed by atoms with Crippen molar-refractivity contribution in [3.05, 3.63) is 93.5 Å². The number of imide groups is 1. The van der Waals surface area contributed by atoms with Crippen molar-refractivity contribution < 1.29 is 28.8 Å². The summed E-state index contributed by atoms with van der Waals surface area (Å²) in [5.74, 6) is -0.565. The third kappa shape index (κ3) is 5.55. The lowest BCUT2D eigenvalue weighted by Gasteiger charge is -2.28. The number of rotatable bonds is 9. The van der Waals surface area contributed by atoms with Crippen molar-refractivity contribution in [1.29, 1.82) is 5.26 Å². The van der Waals surface area contributed by atoms with Crippen LogP contribution in [0.15, 0.2) is 66.7 Å². The monoisotopic (exact) mass is 528 g/mol. The molecular formula is C28H24N4O7. The zero-order valence-corrected chi connectivity index (χ0v) is 21.2. The second-order valence-electron chi connectivity index (χ2n) is 8.69. The Balaban J connectivity index is 1.65. The fraction of sp³-hybridized carbons (Fsp3) is 0.214. The summed E-state index contributed by atoms with van der Waals surface area (Å²) in [7, 11) is 3.02. The number of nitro groups is 1. The van der Waals surface area contributed by atoms with E-state index in [4.69, 9.17) is 14.7 Å². The quantitative estimate of drug-likeness (QED) is 0.233. The van der Waals surface area contributed by atoms with E-state index >= 15 is 0 Å². The van der Waals surface area contributed by atoms with E-state index in [2.05, 4.69) is 0 Å². The van der Waals surface area contributed by atoms with Crippen LogP contribution in [-0.4, -0.2) is 54.4 Å². The Hall–Kier alpha value is -5.24. The number of nitro benzene ring substituents is 1. The molecule has 1 heterocycles. The minimum atomic E-state index is -1.09. The van der Waals surface area contributed by atoms with Crippen LogP contribution in [0.5, 0.6) is 11.5 Å². The van der Waals surface area contributed by atoms with Crippen molar-refractivity contribution in [2.45, 2.75) is 18.9 Å². The number of methoxy groups -OCH3 is 2. The molecule has 1 aliphatic heterocycles. The van der Waals surface area contributed by atoms with Gasteiger partial charge in [0.05, 0.1) is 42.9 Å². The molecule has 0 radical (unpaired) electrons. The summed E-state index contributed by atoms with van der Waals surface area (Å²) in [5, 5.41) is 20.1. The van der Waals surface area contributed by atoms with Crippen molar-refractivity contribution in [2.24, 2.45) is 0 Å². The number of nitriles is 1. The van der Waals surface area contributed by atoms with Crippen LogP contribution in [0.4, 0.5) is 11.4 Å². The number of hydrogen-bond acceptors (Lipinski definition) is 8. The first-order valence-corrected chi connectivity index (χ1v) is 11.9. The second-order valence-corrected chi connectivity index (χ2v) is 8.69. The van der Waals surface area contributed by atoms with Gasteiger partial charge >= 0.3 is 0 Å². The Morgan fingerprint density at radius 2 is 1.72 bits per heavy atom. The summed E-state index contributed by atoms with van der Waals surface area (Å²) in [6.45, 7) is 0.0796. The summed E-state index contributed by atoms with van der Waals surface area (Å²) in [4.78, 5) is 52.9. The highest BCUT2D eigenvalue weighted by Crippen LogP contribution is 2.30. The first-order valence-electron chi connectivity index (χ1n) is 11.9. The highest BCUT2D eigenvalue weighted by atomic mass is 16.6. The summed E-state index contributed by atoms with van der Waals surface area (Å²) >= 11 is 0. The molecule has 3 aromatic carbocycles. The smallest absolute Gasteiger partial charge is 0.269 e. The van der Waals surface area contributed by atoms with Crippen LogP contribution < -0.4 is 14.4 Å². The zero-order chi connectivity index (χ0) is 28.1. The predicted molar refractivity (Wildman–Crippen MR) is 139 cm³/mol. The number of benzene rings is 3. The van der Waals surface area contributed by atoms with Crippen LogP contribution in [-0.2, 0) is 16.0 Å². The van der Waals surface area contributed by atoms with Gasteiger partial charge in [0.1, 0.15) is 6.04 Å². The van der Waals surface area contributed by atoms with E-state index in [1.165, 1.54) is 67.7 Å². The Labute approximate surface area is 223 Å². The van der Waals surface area contributed by atoms with Crippen LogP contribution in [0.1, 0.15) is 27.9 Å². The minimum absolute atomic E-state index is 0.0796. The molecule has 11 heteroatoms. The molecule has 4 rings (SSSR count). The number of ether oxygens (including phenoxy) is 2. The topological polar surface area (TPSA) is 143 Å². The Morgan fingerprint density at radius 1 is 1.05 bits per heavy atom. The van der Waals surface area contributed by atoms with Gasteiger partial charge in [0.15, 0.2) is 11.5 Å². The molecule has 0 N–H and O–H groups in total. The van der Waals surface area contributed by atoms with Crippen LogP contribution in [0.2, 0.25) is 0 Å². The summed E-state index contributed by atoms with van der Waals surface area (Å²) in [6.07, 6.45) is 0.0946. The molecule has 3 aromatic rings. The number of carbonyl (C=O) groups is 3. The van der Waals surface area contributed by atoms with Crippen LogP contribution in [0, 0.1) is 21.4 Å². The molecule has 0 spiro atoms. The third-order valence-electron chi connectivity index (χ3n) is 6.43. The van der Waals surface area contributed by atoms with Gasteiger partial charge in [-0.1, -0.05) is 6.07 Å². The molecule has 0 aromatic heterocycles. The van der Waals surface area contributed by atoms with E-state index in [0.717, 1.165) is 10.5 Å². The average Bonchev–Trinajstić information content (AvgIpc) is 3.25. The van der Waals surface area contributed by atoms with Crippen LogP contribution in [0.3, 0.4) is 0 Å². The highest BCUT2D eigenvalue weighted by molar-refractivity contribution is 6.23. The maximum atomic E-state index is 13.6. The number of nitrogens with zero attached hydrogens (tertiary/aromatic N) is 4. The van der Waals surface area contributed by atoms with Gasteiger partial charge in [-0.3, -0.25) is 24.5 Å². The molecule has 1 atom stereocenters. The van der Waals surface area contributed by atoms with Gasteiger partial charge in [0.2, 0.25) is 5.91 Å². The predicted octanol–water partition coefficient (Wildman–Crippen LogP) is 3.50. The van der Waals surface area contributed by atoms with Crippen molar-refractivity contribution >= 4 is 29.1 Å². The Bertz CT molecular complexity index is 1460. The lowest BCUT2D eigenvalue weighted by Crippen LogP contribution is -2.46. The number of amides is 3. The van der Waals surface area contributed by atoms with E-state index in [0.29, 0.717) is 29.2 Å². The van der Waals surface area contributed by atoms with E-state index < -0.39 is 28.7 Å². The molecule has 39 heavy (non-hydrogen) atoms. The van der Waals surface area contributed by atoms with Gasteiger partial charge in [-0.2, -0.15) is 5.26 Å². The zero-order valence-electron chi connectivity index (χ0n) is 21.2. The van der Waals surface area contributed by atoms with Gasteiger partial charge in [-0.15, -0.1) is 0 Å². The van der Waals surface area contributed by atoms with Crippen LogP contribution >= 0.6 is 0 Å². The first kappa shape index (κ1) is 26.8. The molecule has 3 amide bonds. The summed E-state index contributed by atoms with van der Waals surface area (Å²) in [6, 6.07) is 17.3. The highest BCUT2D eigenvalue weighted by Gasteiger charge is 2.44. The summed E-state index contributed by atoms with van der Waals surface area (Å²) in [5.41, 5.74) is 1.44. The Kier molecular flexibility index (Phi) is 7.86. The fourth-order valence-corrected chi connectivity index (χ4v) is 4.39. The molecule has 0 aliphatic carbocycles. The van der Waals surface area contributed by atoms with Crippen molar-refractivity contribution in [2.75, 3.05) is 25.7 Å². The van der Waals surface area contributed by atoms with E-state index in [9.17, 15) is 24.5 Å². The van der Waals surface area contributed by atoms with Crippen molar-refractivity contribution in [1.82, 2.24) is 4.90 Å². The van der Waals surface area contributed by atoms with Crippen molar-refractivity contribution in [3.63, 3.8) is 0 Å². The number of carbonyl (C=O) groups excluding carboxylic acids is 3. The SMILES string of the molecule is COc1ccc(CCN(C(=O)c2ccc([N+](=O)[O-])cc2)C2CC(=O)N(c3ccc(C#N)cc3)C2=O)cc1OC. The van der Waals surface area contributed by atoms with Crippen molar-refractivity contribution in [3.8, 4) is 17.6 Å². The summed E-state index contributed by atoms with van der Waals surface area (Å²) < 4.78 is 10.6. The van der Waals surface area contributed by atoms with Crippen LogP contribution in [0.25, 0.3) is 0 Å². The molecule has 1 saturated heterocycles. The second kappa shape index (κ2) is 11.4. The van der Waals surface area contributed by atoms with Gasteiger partial charge in [-0.25, -0.2) is 4.90 Å². The molecule has 1 fully saturated rings. The van der Waals surface area contributed by atoms with Gasteiger partial charge in [0, 0.05) is 24.2 Å². The molecule has 0 bridgehead atoms. The molecule has 0 saturated carbocycles.